The molecule has 144 valence electrons. The van der Waals surface area contributed by atoms with Gasteiger partial charge in [-0.25, -0.2) is 4.98 Å². The van der Waals surface area contributed by atoms with Gasteiger partial charge in [0.1, 0.15) is 5.82 Å². The van der Waals surface area contributed by atoms with Gasteiger partial charge in [-0.3, -0.25) is 9.89 Å². The van der Waals surface area contributed by atoms with Crippen LogP contribution in [0.3, 0.4) is 0 Å². The molecule has 2 aliphatic rings. The lowest BCUT2D eigenvalue weighted by Crippen LogP contribution is -2.50. The number of hydrogen-bond acceptors (Lipinski definition) is 6. The van der Waals surface area contributed by atoms with Crippen LogP contribution in [-0.4, -0.2) is 56.1 Å². The molecule has 8 heteroatoms. The van der Waals surface area contributed by atoms with Crippen LogP contribution in [0.4, 0.5) is 17.5 Å². The third kappa shape index (κ3) is 2.76. The van der Waals surface area contributed by atoms with Crippen LogP contribution in [0.25, 0.3) is 10.9 Å². The molecule has 2 unspecified atom stereocenters. The lowest BCUT2D eigenvalue weighted by Gasteiger charge is -2.35. The average Bonchev–Trinajstić information content (AvgIpc) is 3.44. The highest BCUT2D eigenvalue weighted by molar-refractivity contribution is 5.91. The molecule has 2 aliphatic heterocycles. The first-order valence-corrected chi connectivity index (χ1v) is 9.70. The first-order chi connectivity index (χ1) is 13.6. The van der Waals surface area contributed by atoms with Crippen LogP contribution in [-0.2, 0) is 4.79 Å². The van der Waals surface area contributed by atoms with E-state index in [0.29, 0.717) is 5.95 Å². The molecule has 2 saturated heterocycles. The third-order valence-corrected chi connectivity index (χ3v) is 5.63. The molecule has 28 heavy (non-hydrogen) atoms. The normalized spacial score (nSPS) is 21.1. The number of fused-ring (bicyclic) bond motifs is 3. The summed E-state index contributed by atoms with van der Waals surface area (Å²) in [4.78, 5) is 26.4. The van der Waals surface area contributed by atoms with Gasteiger partial charge < -0.3 is 15.1 Å². The molecular weight excluding hydrogens is 354 g/mol. The van der Waals surface area contributed by atoms with E-state index in [1.165, 1.54) is 0 Å². The number of nitrogens with one attached hydrogen (secondary N) is 2. The molecule has 8 nitrogen and oxygen atoms in total. The summed E-state index contributed by atoms with van der Waals surface area (Å²) >= 11 is 0. The van der Waals surface area contributed by atoms with E-state index < -0.39 is 0 Å². The Kier molecular flexibility index (Phi) is 3.92. The number of likely N-dealkylation sites (tertiary alicyclic amines) is 1. The molecule has 0 spiro atoms. The minimum Gasteiger partial charge on any atom is -0.337 e. The van der Waals surface area contributed by atoms with Crippen molar-refractivity contribution in [2.75, 3.05) is 23.3 Å². The van der Waals surface area contributed by atoms with Gasteiger partial charge in [0.25, 0.3) is 0 Å². The van der Waals surface area contributed by atoms with Gasteiger partial charge in [0, 0.05) is 30.6 Å². The molecule has 1 aromatic carbocycles. The van der Waals surface area contributed by atoms with E-state index in [9.17, 15) is 4.79 Å². The van der Waals surface area contributed by atoms with Crippen LogP contribution in [0.5, 0.6) is 0 Å². The van der Waals surface area contributed by atoms with Gasteiger partial charge in [0.2, 0.25) is 11.9 Å². The highest BCUT2D eigenvalue weighted by atomic mass is 16.2. The average molecular weight is 377 g/mol. The summed E-state index contributed by atoms with van der Waals surface area (Å²) < 4.78 is 0. The number of aromatic nitrogens is 4. The molecule has 5 rings (SSSR count). The zero-order valence-electron chi connectivity index (χ0n) is 16.0. The third-order valence-electron chi connectivity index (χ3n) is 5.63. The molecule has 2 aromatic heterocycles. The van der Waals surface area contributed by atoms with Crippen molar-refractivity contribution in [3.8, 4) is 0 Å². The number of nitrogens with zero attached hydrogens (tertiary/aromatic N) is 5. The second-order valence-electron chi connectivity index (χ2n) is 7.84. The number of carbonyl (C=O) groups excluding carboxylic acids is 1. The monoisotopic (exact) mass is 377 g/mol. The number of hydrogen-bond donors (Lipinski definition) is 2. The zero-order chi connectivity index (χ0) is 19.3. The SMILES string of the molecule is CC(C)C(=O)N1CC2CC1CN2c1nc(Nc2cn[nH]c2)c2ccccc2n1. The second-order valence-corrected chi connectivity index (χ2v) is 7.84. The number of benzene rings is 1. The van der Waals surface area contributed by atoms with Crippen LogP contribution in [0.1, 0.15) is 20.3 Å². The summed E-state index contributed by atoms with van der Waals surface area (Å²) in [5.74, 6) is 1.76. The minimum absolute atomic E-state index is 0.0375. The van der Waals surface area contributed by atoms with Crippen LogP contribution in [0.2, 0.25) is 0 Å². The van der Waals surface area contributed by atoms with Gasteiger partial charge in [-0.05, 0) is 18.6 Å². The lowest BCUT2D eigenvalue weighted by atomic mass is 10.1. The minimum atomic E-state index is 0.0375. The Bertz CT molecular complexity index is 1020. The van der Waals surface area contributed by atoms with Crippen molar-refractivity contribution in [3.63, 3.8) is 0 Å². The fourth-order valence-electron chi connectivity index (χ4n) is 4.26. The zero-order valence-corrected chi connectivity index (χ0v) is 16.0. The Labute approximate surface area is 163 Å². The second kappa shape index (κ2) is 6.47. The molecule has 2 N–H and O–H groups in total. The van der Waals surface area contributed by atoms with Crippen LogP contribution >= 0.6 is 0 Å². The Hall–Kier alpha value is -3.16. The van der Waals surface area contributed by atoms with Gasteiger partial charge in [-0.15, -0.1) is 0 Å². The predicted octanol–water partition coefficient (Wildman–Crippen LogP) is 2.54. The first-order valence-electron chi connectivity index (χ1n) is 9.70. The maximum absolute atomic E-state index is 12.4. The number of rotatable bonds is 4. The van der Waals surface area contributed by atoms with Crippen molar-refractivity contribution in [1.29, 1.82) is 0 Å². The Balaban J connectivity index is 1.47. The van der Waals surface area contributed by atoms with Crippen molar-refractivity contribution in [1.82, 2.24) is 25.1 Å². The van der Waals surface area contributed by atoms with E-state index >= 15 is 0 Å². The van der Waals surface area contributed by atoms with Gasteiger partial charge in [-0.1, -0.05) is 26.0 Å². The van der Waals surface area contributed by atoms with Crippen molar-refractivity contribution >= 4 is 34.3 Å². The Morgan fingerprint density at radius 2 is 2.07 bits per heavy atom. The largest absolute Gasteiger partial charge is 0.337 e. The Morgan fingerprint density at radius 1 is 1.21 bits per heavy atom. The maximum atomic E-state index is 12.4. The predicted molar refractivity (Wildman–Crippen MR) is 107 cm³/mol. The quantitative estimate of drug-likeness (QED) is 0.726. The highest BCUT2D eigenvalue weighted by Gasteiger charge is 2.46. The number of H-pyrrole nitrogens is 1. The van der Waals surface area contributed by atoms with E-state index in [1.807, 2.05) is 43.0 Å². The van der Waals surface area contributed by atoms with E-state index in [1.54, 1.807) is 12.4 Å². The van der Waals surface area contributed by atoms with Crippen molar-refractivity contribution < 1.29 is 4.79 Å². The number of piperazine rings is 1. The van der Waals surface area contributed by atoms with Gasteiger partial charge in [0.05, 0.1) is 29.5 Å². The highest BCUT2D eigenvalue weighted by Crippen LogP contribution is 2.35. The molecule has 2 fully saturated rings. The van der Waals surface area contributed by atoms with Crippen LogP contribution in [0, 0.1) is 5.92 Å². The summed E-state index contributed by atoms with van der Waals surface area (Å²) in [6.07, 6.45) is 4.51. The molecule has 3 aromatic rings. The molecule has 1 amide bonds. The number of para-hydroxylation sites is 1. The Morgan fingerprint density at radius 3 is 2.79 bits per heavy atom. The molecule has 4 heterocycles. The van der Waals surface area contributed by atoms with Crippen LogP contribution < -0.4 is 10.2 Å². The molecule has 0 radical (unpaired) electrons. The van der Waals surface area contributed by atoms with E-state index in [-0.39, 0.29) is 23.9 Å². The van der Waals surface area contributed by atoms with E-state index in [0.717, 1.165) is 41.9 Å². The van der Waals surface area contributed by atoms with E-state index in [2.05, 4.69) is 20.4 Å². The number of aromatic amines is 1. The number of carbonyl (C=O) groups is 1. The van der Waals surface area contributed by atoms with Crippen molar-refractivity contribution in [2.24, 2.45) is 5.92 Å². The summed E-state index contributed by atoms with van der Waals surface area (Å²) in [5, 5.41) is 11.1. The summed E-state index contributed by atoms with van der Waals surface area (Å²) in [5.41, 5.74) is 1.75. The van der Waals surface area contributed by atoms with Gasteiger partial charge >= 0.3 is 0 Å². The molecule has 0 saturated carbocycles. The summed E-state index contributed by atoms with van der Waals surface area (Å²) in [7, 11) is 0. The lowest BCUT2D eigenvalue weighted by molar-refractivity contribution is -0.135. The fraction of sp³-hybridized carbons (Fsp3) is 0.400. The summed E-state index contributed by atoms with van der Waals surface area (Å²) in [6, 6.07) is 8.51. The fourth-order valence-corrected chi connectivity index (χ4v) is 4.26. The van der Waals surface area contributed by atoms with Gasteiger partial charge in [0.15, 0.2) is 0 Å². The number of anilines is 3. The van der Waals surface area contributed by atoms with Gasteiger partial charge in [-0.2, -0.15) is 10.1 Å². The topological polar surface area (TPSA) is 90.0 Å². The summed E-state index contributed by atoms with van der Waals surface area (Å²) in [6.45, 7) is 5.47. The molecule has 2 bridgehead atoms. The molecular formula is C20H23N7O. The molecule has 2 atom stereocenters. The van der Waals surface area contributed by atoms with Crippen molar-refractivity contribution in [2.45, 2.75) is 32.4 Å². The maximum Gasteiger partial charge on any atom is 0.228 e. The number of amides is 1. The standard InChI is InChI=1S/C20H23N7O/c1-12(2)19(28)26-10-15-7-14(26)11-27(15)20-24-17-6-4-3-5-16(17)18(25-20)23-13-8-21-22-9-13/h3-6,8-9,12,14-15H,7,10-11H2,1-2H3,(H,21,22)(H,23,24,25). The first kappa shape index (κ1) is 17.0. The van der Waals surface area contributed by atoms with Crippen LogP contribution in [0.15, 0.2) is 36.7 Å². The molecule has 0 aliphatic carbocycles. The smallest absolute Gasteiger partial charge is 0.228 e. The van der Waals surface area contributed by atoms with Crippen molar-refractivity contribution in [3.05, 3.63) is 36.7 Å². The van der Waals surface area contributed by atoms with E-state index in [4.69, 9.17) is 9.97 Å².